The SMILES string of the molecule is CCCCCCNC(=O)/C=C\C(N)=O. The highest BCUT2D eigenvalue weighted by molar-refractivity contribution is 5.95. The average Bonchev–Trinajstić information content (AvgIpc) is 2.14. The Morgan fingerprint density at radius 3 is 2.50 bits per heavy atom. The summed E-state index contributed by atoms with van der Waals surface area (Å²) in [7, 11) is 0. The summed E-state index contributed by atoms with van der Waals surface area (Å²) in [5, 5.41) is 2.66. The summed E-state index contributed by atoms with van der Waals surface area (Å²) >= 11 is 0. The molecule has 4 heteroatoms. The second-order valence-corrected chi connectivity index (χ2v) is 3.09. The molecular formula is C10H18N2O2. The lowest BCUT2D eigenvalue weighted by Crippen LogP contribution is -2.22. The van der Waals surface area contributed by atoms with E-state index in [0.29, 0.717) is 6.54 Å². The summed E-state index contributed by atoms with van der Waals surface area (Å²) in [5.41, 5.74) is 4.83. The summed E-state index contributed by atoms with van der Waals surface area (Å²) in [5.74, 6) is -0.869. The van der Waals surface area contributed by atoms with Gasteiger partial charge in [0.1, 0.15) is 0 Å². The predicted molar refractivity (Wildman–Crippen MR) is 55.5 cm³/mol. The van der Waals surface area contributed by atoms with Crippen molar-refractivity contribution in [3.8, 4) is 0 Å². The molecule has 2 amide bonds. The fraction of sp³-hybridized carbons (Fsp3) is 0.600. The van der Waals surface area contributed by atoms with E-state index < -0.39 is 5.91 Å². The molecule has 0 heterocycles. The fourth-order valence-electron chi connectivity index (χ4n) is 0.980. The van der Waals surface area contributed by atoms with Gasteiger partial charge in [0.2, 0.25) is 11.8 Å². The Hall–Kier alpha value is -1.32. The second kappa shape index (κ2) is 8.29. The van der Waals surface area contributed by atoms with Crippen molar-refractivity contribution in [2.45, 2.75) is 32.6 Å². The van der Waals surface area contributed by atoms with Gasteiger partial charge in [-0.1, -0.05) is 26.2 Å². The van der Waals surface area contributed by atoms with Gasteiger partial charge in [-0.15, -0.1) is 0 Å². The lowest BCUT2D eigenvalue weighted by atomic mass is 10.2. The first-order chi connectivity index (χ1) is 6.66. The lowest BCUT2D eigenvalue weighted by Gasteiger charge is -2.00. The van der Waals surface area contributed by atoms with Crippen molar-refractivity contribution < 1.29 is 9.59 Å². The van der Waals surface area contributed by atoms with Crippen molar-refractivity contribution in [2.75, 3.05) is 6.54 Å². The molecular weight excluding hydrogens is 180 g/mol. The first-order valence-corrected chi connectivity index (χ1v) is 4.92. The molecule has 0 atom stereocenters. The highest BCUT2D eigenvalue weighted by atomic mass is 16.2. The smallest absolute Gasteiger partial charge is 0.244 e. The molecule has 3 N–H and O–H groups in total. The van der Waals surface area contributed by atoms with Gasteiger partial charge in [0, 0.05) is 18.7 Å². The van der Waals surface area contributed by atoms with Gasteiger partial charge in [0.05, 0.1) is 0 Å². The minimum absolute atomic E-state index is 0.264. The number of nitrogens with one attached hydrogen (secondary N) is 1. The number of hydrogen-bond donors (Lipinski definition) is 2. The number of hydrogen-bond acceptors (Lipinski definition) is 2. The van der Waals surface area contributed by atoms with Crippen LogP contribution in [0.4, 0.5) is 0 Å². The van der Waals surface area contributed by atoms with E-state index >= 15 is 0 Å². The normalized spacial score (nSPS) is 10.4. The van der Waals surface area contributed by atoms with Crippen LogP contribution < -0.4 is 11.1 Å². The maximum Gasteiger partial charge on any atom is 0.244 e. The molecule has 0 aromatic heterocycles. The number of carbonyl (C=O) groups is 2. The minimum atomic E-state index is -0.605. The number of amides is 2. The van der Waals surface area contributed by atoms with Gasteiger partial charge >= 0.3 is 0 Å². The van der Waals surface area contributed by atoms with E-state index in [-0.39, 0.29) is 5.91 Å². The van der Waals surface area contributed by atoms with Crippen LogP contribution in [0, 0.1) is 0 Å². The zero-order chi connectivity index (χ0) is 10.8. The minimum Gasteiger partial charge on any atom is -0.366 e. The zero-order valence-corrected chi connectivity index (χ0v) is 8.58. The van der Waals surface area contributed by atoms with E-state index in [0.717, 1.165) is 25.0 Å². The Labute approximate surface area is 84.5 Å². The van der Waals surface area contributed by atoms with Gasteiger partial charge < -0.3 is 11.1 Å². The van der Waals surface area contributed by atoms with Gasteiger partial charge in [-0.2, -0.15) is 0 Å². The van der Waals surface area contributed by atoms with Crippen molar-refractivity contribution >= 4 is 11.8 Å². The molecule has 0 aliphatic rings. The molecule has 0 saturated carbocycles. The molecule has 0 bridgehead atoms. The van der Waals surface area contributed by atoms with Crippen molar-refractivity contribution in [3.05, 3.63) is 12.2 Å². The summed E-state index contributed by atoms with van der Waals surface area (Å²) < 4.78 is 0. The average molecular weight is 198 g/mol. The lowest BCUT2D eigenvalue weighted by molar-refractivity contribution is -0.117. The van der Waals surface area contributed by atoms with E-state index in [1.807, 2.05) is 0 Å². The van der Waals surface area contributed by atoms with Crippen LogP contribution in [0.25, 0.3) is 0 Å². The highest BCUT2D eigenvalue weighted by Gasteiger charge is 1.94. The molecule has 0 spiro atoms. The van der Waals surface area contributed by atoms with Crippen LogP contribution in [0.1, 0.15) is 32.6 Å². The predicted octanol–water partition coefficient (Wildman–Crippen LogP) is 0.724. The van der Waals surface area contributed by atoms with Crippen LogP contribution in [0.2, 0.25) is 0 Å². The van der Waals surface area contributed by atoms with Gasteiger partial charge in [0.15, 0.2) is 0 Å². The van der Waals surface area contributed by atoms with Crippen molar-refractivity contribution in [2.24, 2.45) is 5.73 Å². The second-order valence-electron chi connectivity index (χ2n) is 3.09. The Kier molecular flexibility index (Phi) is 7.50. The molecule has 0 unspecified atom stereocenters. The summed E-state index contributed by atoms with van der Waals surface area (Å²) in [6, 6.07) is 0. The van der Waals surface area contributed by atoms with Gasteiger partial charge in [-0.3, -0.25) is 9.59 Å². The van der Waals surface area contributed by atoms with E-state index in [4.69, 9.17) is 5.73 Å². The van der Waals surface area contributed by atoms with Crippen LogP contribution >= 0.6 is 0 Å². The standard InChI is InChI=1S/C10H18N2O2/c1-2-3-4-5-8-12-10(14)7-6-9(11)13/h6-7H,2-5,8H2,1H3,(H2,11,13)(H,12,14)/b7-6-. The molecule has 0 rings (SSSR count). The van der Waals surface area contributed by atoms with Gasteiger partial charge in [0.25, 0.3) is 0 Å². The maximum atomic E-state index is 11.0. The Morgan fingerprint density at radius 1 is 1.21 bits per heavy atom. The number of carbonyl (C=O) groups excluding carboxylic acids is 2. The Morgan fingerprint density at radius 2 is 1.93 bits per heavy atom. The zero-order valence-electron chi connectivity index (χ0n) is 8.58. The summed E-state index contributed by atoms with van der Waals surface area (Å²) in [4.78, 5) is 21.2. The van der Waals surface area contributed by atoms with Crippen LogP contribution in [0.5, 0.6) is 0 Å². The van der Waals surface area contributed by atoms with E-state index in [1.54, 1.807) is 0 Å². The number of primary amides is 1. The quantitative estimate of drug-likeness (QED) is 0.467. The molecule has 14 heavy (non-hydrogen) atoms. The largest absolute Gasteiger partial charge is 0.366 e. The molecule has 0 aromatic carbocycles. The third-order valence-corrected chi connectivity index (χ3v) is 1.73. The molecule has 0 aliphatic heterocycles. The van der Waals surface area contributed by atoms with Crippen LogP contribution in [-0.2, 0) is 9.59 Å². The van der Waals surface area contributed by atoms with E-state index in [1.165, 1.54) is 12.8 Å². The van der Waals surface area contributed by atoms with Gasteiger partial charge in [-0.05, 0) is 6.42 Å². The van der Waals surface area contributed by atoms with Crippen molar-refractivity contribution in [1.29, 1.82) is 0 Å². The monoisotopic (exact) mass is 198 g/mol. The first kappa shape index (κ1) is 12.7. The topological polar surface area (TPSA) is 72.2 Å². The third kappa shape index (κ3) is 8.77. The molecule has 0 fully saturated rings. The van der Waals surface area contributed by atoms with E-state index in [9.17, 15) is 9.59 Å². The van der Waals surface area contributed by atoms with Crippen molar-refractivity contribution in [3.63, 3.8) is 0 Å². The van der Waals surface area contributed by atoms with Gasteiger partial charge in [-0.25, -0.2) is 0 Å². The first-order valence-electron chi connectivity index (χ1n) is 4.92. The summed E-state index contributed by atoms with van der Waals surface area (Å²) in [6.07, 6.45) is 6.67. The van der Waals surface area contributed by atoms with Crippen LogP contribution in [0.3, 0.4) is 0 Å². The Bertz CT molecular complexity index is 212. The van der Waals surface area contributed by atoms with Crippen molar-refractivity contribution in [1.82, 2.24) is 5.32 Å². The fourth-order valence-corrected chi connectivity index (χ4v) is 0.980. The molecule has 0 radical (unpaired) electrons. The maximum absolute atomic E-state index is 11.0. The molecule has 0 saturated heterocycles. The molecule has 4 nitrogen and oxygen atoms in total. The van der Waals surface area contributed by atoms with Crippen LogP contribution in [0.15, 0.2) is 12.2 Å². The number of unbranched alkanes of at least 4 members (excludes halogenated alkanes) is 3. The Balaban J connectivity index is 3.40. The summed E-state index contributed by atoms with van der Waals surface area (Å²) in [6.45, 7) is 2.79. The molecule has 0 aliphatic carbocycles. The van der Waals surface area contributed by atoms with Crippen LogP contribution in [-0.4, -0.2) is 18.4 Å². The molecule has 80 valence electrons. The number of nitrogens with two attached hydrogens (primary N) is 1. The van der Waals surface area contributed by atoms with E-state index in [2.05, 4.69) is 12.2 Å². The third-order valence-electron chi connectivity index (χ3n) is 1.73. The highest BCUT2D eigenvalue weighted by Crippen LogP contribution is 1.96. The number of rotatable bonds is 7. The molecule has 0 aromatic rings.